The zero-order chi connectivity index (χ0) is 12.3. The molecule has 0 aliphatic carbocycles. The van der Waals surface area contributed by atoms with Crippen LogP contribution in [0.1, 0.15) is 41.0 Å². The molecule has 2 atom stereocenters. The second-order valence-corrected chi connectivity index (χ2v) is 5.30. The van der Waals surface area contributed by atoms with E-state index < -0.39 is 0 Å². The first-order valence-corrected chi connectivity index (χ1v) is 6.06. The first-order valence-electron chi connectivity index (χ1n) is 6.06. The Morgan fingerprint density at radius 3 is 2.81 bits per heavy atom. The van der Waals surface area contributed by atoms with Gasteiger partial charge in [-0.3, -0.25) is 0 Å². The number of hydrogen-bond acceptors (Lipinski definition) is 2. The molecular formula is C12H24N2O2. The van der Waals surface area contributed by atoms with Crippen LogP contribution in [0, 0.1) is 0 Å². The summed E-state index contributed by atoms with van der Waals surface area (Å²) < 4.78 is 5.58. The average Bonchev–Trinajstić information content (AvgIpc) is 2.21. The Hall–Kier alpha value is -0.770. The van der Waals surface area contributed by atoms with Gasteiger partial charge in [0.2, 0.25) is 0 Å². The van der Waals surface area contributed by atoms with Crippen molar-refractivity contribution in [1.82, 2.24) is 10.2 Å². The first-order chi connectivity index (χ1) is 7.36. The summed E-state index contributed by atoms with van der Waals surface area (Å²) in [5, 5.41) is 3.01. The number of rotatable bonds is 2. The molecule has 1 rings (SSSR count). The van der Waals surface area contributed by atoms with Crippen LogP contribution in [0.4, 0.5) is 4.79 Å². The Balaban J connectivity index is 2.64. The van der Waals surface area contributed by atoms with Crippen LogP contribution in [0.25, 0.3) is 0 Å². The standard InChI is InChI=1S/C12H24N2O2/c1-6-9(2)13-11(15)14-7-10(3)16-8-12(14,4)5/h9-10H,6-8H2,1-5H3,(H,13,15). The fourth-order valence-corrected chi connectivity index (χ4v) is 1.73. The summed E-state index contributed by atoms with van der Waals surface area (Å²) in [6.07, 6.45) is 1.07. The van der Waals surface area contributed by atoms with Crippen molar-refractivity contribution in [3.05, 3.63) is 0 Å². The van der Waals surface area contributed by atoms with Gasteiger partial charge in [-0.1, -0.05) is 6.92 Å². The van der Waals surface area contributed by atoms with Crippen molar-refractivity contribution in [2.45, 2.75) is 58.7 Å². The Morgan fingerprint density at radius 1 is 1.62 bits per heavy atom. The lowest BCUT2D eigenvalue weighted by atomic mass is 10.0. The SMILES string of the molecule is CCC(C)NC(=O)N1CC(C)OCC1(C)C. The van der Waals surface area contributed by atoms with Crippen molar-refractivity contribution < 1.29 is 9.53 Å². The number of carbonyl (C=O) groups excluding carboxylic acids is 1. The molecule has 1 N–H and O–H groups in total. The molecule has 0 saturated carbocycles. The zero-order valence-corrected chi connectivity index (χ0v) is 11.0. The summed E-state index contributed by atoms with van der Waals surface area (Å²) in [5.41, 5.74) is -0.218. The molecule has 0 aromatic carbocycles. The summed E-state index contributed by atoms with van der Waals surface area (Å²) in [4.78, 5) is 14.0. The summed E-state index contributed by atoms with van der Waals surface area (Å²) in [7, 11) is 0. The van der Waals surface area contributed by atoms with Gasteiger partial charge in [0, 0.05) is 12.6 Å². The maximum Gasteiger partial charge on any atom is 0.318 e. The topological polar surface area (TPSA) is 41.6 Å². The van der Waals surface area contributed by atoms with E-state index in [1.165, 1.54) is 0 Å². The lowest BCUT2D eigenvalue weighted by molar-refractivity contribution is -0.0709. The average molecular weight is 228 g/mol. The van der Waals surface area contributed by atoms with Crippen molar-refractivity contribution in [1.29, 1.82) is 0 Å². The highest BCUT2D eigenvalue weighted by Crippen LogP contribution is 2.22. The van der Waals surface area contributed by atoms with Gasteiger partial charge in [0.15, 0.2) is 0 Å². The largest absolute Gasteiger partial charge is 0.374 e. The van der Waals surface area contributed by atoms with Gasteiger partial charge >= 0.3 is 6.03 Å². The quantitative estimate of drug-likeness (QED) is 0.785. The molecule has 1 aliphatic heterocycles. The smallest absolute Gasteiger partial charge is 0.318 e. The van der Waals surface area contributed by atoms with Gasteiger partial charge in [0.1, 0.15) is 0 Å². The molecule has 0 bridgehead atoms. The van der Waals surface area contributed by atoms with Crippen LogP contribution in [0.15, 0.2) is 0 Å². The molecule has 0 radical (unpaired) electrons. The highest BCUT2D eigenvalue weighted by molar-refractivity contribution is 5.75. The summed E-state index contributed by atoms with van der Waals surface area (Å²) >= 11 is 0. The molecule has 1 heterocycles. The van der Waals surface area contributed by atoms with Crippen LogP contribution in [0.5, 0.6) is 0 Å². The van der Waals surface area contributed by atoms with E-state index >= 15 is 0 Å². The number of amides is 2. The Morgan fingerprint density at radius 2 is 2.25 bits per heavy atom. The third-order valence-electron chi connectivity index (χ3n) is 3.12. The highest BCUT2D eigenvalue weighted by atomic mass is 16.5. The Labute approximate surface area is 98.3 Å². The second kappa shape index (κ2) is 5.04. The molecule has 94 valence electrons. The maximum atomic E-state index is 12.1. The number of nitrogens with one attached hydrogen (secondary N) is 1. The van der Waals surface area contributed by atoms with Crippen LogP contribution >= 0.6 is 0 Å². The molecule has 4 heteroatoms. The molecule has 2 unspecified atom stereocenters. The molecule has 1 fully saturated rings. The summed E-state index contributed by atoms with van der Waals surface area (Å²) in [5.74, 6) is 0. The number of hydrogen-bond donors (Lipinski definition) is 1. The predicted octanol–water partition coefficient (Wildman–Crippen LogP) is 1.99. The van der Waals surface area contributed by atoms with Gasteiger partial charge in [-0.25, -0.2) is 4.79 Å². The van der Waals surface area contributed by atoms with E-state index in [4.69, 9.17) is 4.74 Å². The molecule has 0 aromatic heterocycles. The monoisotopic (exact) mass is 228 g/mol. The van der Waals surface area contributed by atoms with Crippen molar-refractivity contribution in [3.63, 3.8) is 0 Å². The molecule has 0 spiro atoms. The van der Waals surface area contributed by atoms with Crippen LogP contribution in [-0.2, 0) is 4.74 Å². The summed E-state index contributed by atoms with van der Waals surface area (Å²) in [6.45, 7) is 11.4. The molecule has 4 nitrogen and oxygen atoms in total. The van der Waals surface area contributed by atoms with E-state index in [0.29, 0.717) is 13.2 Å². The van der Waals surface area contributed by atoms with Gasteiger partial charge < -0.3 is 15.0 Å². The number of ether oxygens (including phenoxy) is 1. The first kappa shape index (κ1) is 13.3. The van der Waals surface area contributed by atoms with Crippen molar-refractivity contribution in [2.75, 3.05) is 13.2 Å². The lowest BCUT2D eigenvalue weighted by Gasteiger charge is -2.44. The molecule has 2 amide bonds. The minimum Gasteiger partial charge on any atom is -0.374 e. The fourth-order valence-electron chi connectivity index (χ4n) is 1.73. The van der Waals surface area contributed by atoms with Crippen LogP contribution in [-0.4, -0.2) is 41.8 Å². The van der Waals surface area contributed by atoms with E-state index in [0.717, 1.165) is 6.42 Å². The van der Waals surface area contributed by atoms with E-state index in [1.807, 2.05) is 32.6 Å². The normalized spacial score (nSPS) is 26.3. The number of urea groups is 1. The van der Waals surface area contributed by atoms with Crippen LogP contribution in [0.3, 0.4) is 0 Å². The van der Waals surface area contributed by atoms with E-state index in [1.54, 1.807) is 0 Å². The molecule has 0 aromatic rings. The minimum atomic E-state index is -0.218. The van der Waals surface area contributed by atoms with Crippen molar-refractivity contribution in [3.8, 4) is 0 Å². The molecular weight excluding hydrogens is 204 g/mol. The van der Waals surface area contributed by atoms with Gasteiger partial charge in [-0.05, 0) is 34.1 Å². The van der Waals surface area contributed by atoms with E-state index in [9.17, 15) is 4.79 Å². The summed E-state index contributed by atoms with van der Waals surface area (Å²) in [6, 6.07) is 0.246. The Bertz CT molecular complexity index is 253. The van der Waals surface area contributed by atoms with Gasteiger partial charge in [-0.2, -0.15) is 0 Å². The Kier molecular flexibility index (Phi) is 4.19. The third-order valence-corrected chi connectivity index (χ3v) is 3.12. The number of carbonyl (C=O) groups is 1. The van der Waals surface area contributed by atoms with Crippen molar-refractivity contribution >= 4 is 6.03 Å². The zero-order valence-electron chi connectivity index (χ0n) is 11.0. The molecule has 1 saturated heterocycles. The predicted molar refractivity (Wildman–Crippen MR) is 64.5 cm³/mol. The number of nitrogens with zero attached hydrogens (tertiary/aromatic N) is 1. The highest BCUT2D eigenvalue weighted by Gasteiger charge is 2.36. The van der Waals surface area contributed by atoms with E-state index in [2.05, 4.69) is 12.2 Å². The van der Waals surface area contributed by atoms with Gasteiger partial charge in [0.25, 0.3) is 0 Å². The molecule has 16 heavy (non-hydrogen) atoms. The van der Waals surface area contributed by atoms with Crippen LogP contribution < -0.4 is 5.32 Å². The second-order valence-electron chi connectivity index (χ2n) is 5.30. The maximum absolute atomic E-state index is 12.1. The van der Waals surface area contributed by atoms with Crippen LogP contribution in [0.2, 0.25) is 0 Å². The van der Waals surface area contributed by atoms with E-state index in [-0.39, 0.29) is 23.7 Å². The molecule has 1 aliphatic rings. The van der Waals surface area contributed by atoms with Gasteiger partial charge in [0.05, 0.1) is 18.2 Å². The van der Waals surface area contributed by atoms with Crippen molar-refractivity contribution in [2.24, 2.45) is 0 Å². The van der Waals surface area contributed by atoms with Gasteiger partial charge in [-0.15, -0.1) is 0 Å². The lowest BCUT2D eigenvalue weighted by Crippen LogP contribution is -2.61. The number of morpholine rings is 1. The minimum absolute atomic E-state index is 0.0227. The fraction of sp³-hybridized carbons (Fsp3) is 0.917. The third kappa shape index (κ3) is 3.11.